The number of hydrogen-bond acceptors (Lipinski definition) is 3. The van der Waals surface area contributed by atoms with Crippen molar-refractivity contribution in [2.45, 2.75) is 51.7 Å². The molecule has 0 saturated carbocycles. The lowest BCUT2D eigenvalue weighted by atomic mass is 10.1. The third-order valence-electron chi connectivity index (χ3n) is 3.44. The molecule has 21 heavy (non-hydrogen) atoms. The van der Waals surface area contributed by atoms with Crippen molar-refractivity contribution >= 4 is 15.7 Å². The molecule has 0 aliphatic carbocycles. The molecule has 1 rings (SSSR count). The molecule has 0 aromatic heterocycles. The summed E-state index contributed by atoms with van der Waals surface area (Å²) in [7, 11) is -3.11. The first kappa shape index (κ1) is 18.0. The van der Waals surface area contributed by atoms with Crippen LogP contribution in [0.5, 0.6) is 0 Å². The van der Waals surface area contributed by atoms with Crippen LogP contribution in [0.15, 0.2) is 24.3 Å². The second kappa shape index (κ2) is 9.05. The highest BCUT2D eigenvalue weighted by atomic mass is 32.2. The van der Waals surface area contributed by atoms with E-state index in [2.05, 4.69) is 41.2 Å². The molecule has 0 atom stereocenters. The summed E-state index contributed by atoms with van der Waals surface area (Å²) in [5, 5.41) is 3.05. The second-order valence-corrected chi connectivity index (χ2v) is 7.85. The Morgan fingerprint density at radius 1 is 1.10 bits per heavy atom. The third-order valence-corrected chi connectivity index (χ3v) is 5.29. The standard InChI is InChI=1S/C16H28N2O2S/c1-4-15-9-8-10-16(13-15)17-11-6-5-7-12-18-21(19,20)14(2)3/h8-10,13-14,17-18H,4-7,11-12H2,1-3H3. The molecule has 0 amide bonds. The fourth-order valence-corrected chi connectivity index (χ4v) is 2.70. The van der Waals surface area contributed by atoms with Crippen LogP contribution in [0, 0.1) is 0 Å². The maximum Gasteiger partial charge on any atom is 0.213 e. The Kier molecular flexibility index (Phi) is 7.75. The quantitative estimate of drug-likeness (QED) is 0.652. The summed E-state index contributed by atoms with van der Waals surface area (Å²) in [6, 6.07) is 8.46. The molecule has 0 heterocycles. The Balaban J connectivity index is 2.12. The van der Waals surface area contributed by atoms with E-state index in [0.717, 1.165) is 37.9 Å². The summed E-state index contributed by atoms with van der Waals surface area (Å²) in [6.07, 6.45) is 3.98. The number of unbranched alkanes of at least 4 members (excludes halogenated alkanes) is 2. The molecular weight excluding hydrogens is 284 g/mol. The van der Waals surface area contributed by atoms with E-state index in [1.165, 1.54) is 5.56 Å². The van der Waals surface area contributed by atoms with Gasteiger partial charge in [0.05, 0.1) is 5.25 Å². The van der Waals surface area contributed by atoms with Gasteiger partial charge in [-0.15, -0.1) is 0 Å². The van der Waals surface area contributed by atoms with Crippen LogP contribution in [0.3, 0.4) is 0 Å². The minimum atomic E-state index is -3.11. The van der Waals surface area contributed by atoms with Crippen molar-refractivity contribution in [2.75, 3.05) is 18.4 Å². The van der Waals surface area contributed by atoms with Gasteiger partial charge in [0.25, 0.3) is 0 Å². The summed E-state index contributed by atoms with van der Waals surface area (Å²) in [4.78, 5) is 0. The van der Waals surface area contributed by atoms with Crippen molar-refractivity contribution in [3.8, 4) is 0 Å². The van der Waals surface area contributed by atoms with Gasteiger partial charge in [-0.1, -0.05) is 25.5 Å². The van der Waals surface area contributed by atoms with Crippen LogP contribution >= 0.6 is 0 Å². The predicted octanol–water partition coefficient (Wildman–Crippen LogP) is 3.16. The Bertz CT molecular complexity index is 513. The third kappa shape index (κ3) is 6.96. The minimum Gasteiger partial charge on any atom is -0.385 e. The van der Waals surface area contributed by atoms with Gasteiger partial charge >= 0.3 is 0 Å². The van der Waals surface area contributed by atoms with E-state index in [4.69, 9.17) is 0 Å². The molecule has 0 spiro atoms. The highest BCUT2D eigenvalue weighted by Gasteiger charge is 2.13. The normalized spacial score (nSPS) is 11.8. The van der Waals surface area contributed by atoms with Gasteiger partial charge in [0, 0.05) is 18.8 Å². The molecule has 0 unspecified atom stereocenters. The van der Waals surface area contributed by atoms with Gasteiger partial charge in [0.2, 0.25) is 10.0 Å². The minimum absolute atomic E-state index is 0.356. The van der Waals surface area contributed by atoms with Crippen LogP contribution in [0.2, 0.25) is 0 Å². The molecule has 4 nitrogen and oxygen atoms in total. The van der Waals surface area contributed by atoms with Gasteiger partial charge < -0.3 is 5.32 Å². The molecule has 0 aliphatic rings. The Morgan fingerprint density at radius 2 is 1.81 bits per heavy atom. The van der Waals surface area contributed by atoms with Crippen molar-refractivity contribution in [1.29, 1.82) is 0 Å². The molecule has 0 bridgehead atoms. The van der Waals surface area contributed by atoms with Crippen molar-refractivity contribution in [3.05, 3.63) is 29.8 Å². The first-order valence-electron chi connectivity index (χ1n) is 7.77. The van der Waals surface area contributed by atoms with Gasteiger partial charge in [0.15, 0.2) is 0 Å². The van der Waals surface area contributed by atoms with Crippen molar-refractivity contribution in [1.82, 2.24) is 4.72 Å². The molecule has 2 N–H and O–H groups in total. The highest BCUT2D eigenvalue weighted by Crippen LogP contribution is 2.11. The van der Waals surface area contributed by atoms with Gasteiger partial charge in [-0.3, -0.25) is 0 Å². The lowest BCUT2D eigenvalue weighted by Crippen LogP contribution is -2.31. The monoisotopic (exact) mass is 312 g/mol. The van der Waals surface area contributed by atoms with Crippen molar-refractivity contribution < 1.29 is 8.42 Å². The lowest BCUT2D eigenvalue weighted by Gasteiger charge is -2.10. The molecule has 5 heteroatoms. The molecule has 120 valence electrons. The van der Waals surface area contributed by atoms with Gasteiger partial charge in [-0.25, -0.2) is 13.1 Å². The summed E-state index contributed by atoms with van der Waals surface area (Å²) >= 11 is 0. The summed E-state index contributed by atoms with van der Waals surface area (Å²) in [5.74, 6) is 0. The molecule has 0 saturated heterocycles. The Morgan fingerprint density at radius 3 is 2.48 bits per heavy atom. The smallest absolute Gasteiger partial charge is 0.213 e. The van der Waals surface area contributed by atoms with Crippen LogP contribution in [0.4, 0.5) is 5.69 Å². The van der Waals surface area contributed by atoms with Crippen molar-refractivity contribution in [2.24, 2.45) is 0 Å². The van der Waals surface area contributed by atoms with Gasteiger partial charge in [-0.05, 0) is 50.8 Å². The molecule has 0 radical (unpaired) electrons. The van der Waals surface area contributed by atoms with E-state index >= 15 is 0 Å². The van der Waals surface area contributed by atoms with E-state index < -0.39 is 10.0 Å². The fourth-order valence-electron chi connectivity index (χ4n) is 1.94. The summed E-state index contributed by atoms with van der Waals surface area (Å²) in [5.41, 5.74) is 2.50. The molecule has 0 aliphatic heterocycles. The van der Waals surface area contributed by atoms with Gasteiger partial charge in [0.1, 0.15) is 0 Å². The molecular formula is C16H28N2O2S. The lowest BCUT2D eigenvalue weighted by molar-refractivity contribution is 0.566. The number of sulfonamides is 1. The molecule has 1 aromatic carbocycles. The Labute approximate surface area is 129 Å². The predicted molar refractivity (Wildman–Crippen MR) is 90.2 cm³/mol. The molecule has 1 aromatic rings. The summed E-state index contributed by atoms with van der Waals surface area (Å²) in [6.45, 7) is 6.99. The summed E-state index contributed by atoms with van der Waals surface area (Å²) < 4.78 is 25.7. The van der Waals surface area contributed by atoms with E-state index in [9.17, 15) is 8.42 Å². The SMILES string of the molecule is CCc1cccc(NCCCCCNS(=O)(=O)C(C)C)c1. The topological polar surface area (TPSA) is 58.2 Å². The second-order valence-electron chi connectivity index (χ2n) is 5.53. The average Bonchev–Trinajstić information content (AvgIpc) is 2.46. The first-order valence-corrected chi connectivity index (χ1v) is 9.31. The maximum absolute atomic E-state index is 11.5. The number of benzene rings is 1. The molecule has 0 fully saturated rings. The number of anilines is 1. The highest BCUT2D eigenvalue weighted by molar-refractivity contribution is 7.90. The average molecular weight is 312 g/mol. The number of aryl methyl sites for hydroxylation is 1. The van der Waals surface area contributed by atoms with E-state index in [1.54, 1.807) is 13.8 Å². The van der Waals surface area contributed by atoms with Crippen LogP contribution in [0.1, 0.15) is 45.6 Å². The number of hydrogen-bond donors (Lipinski definition) is 2. The zero-order chi connectivity index (χ0) is 15.7. The van der Waals surface area contributed by atoms with E-state index in [-0.39, 0.29) is 5.25 Å². The zero-order valence-corrected chi connectivity index (χ0v) is 14.2. The largest absolute Gasteiger partial charge is 0.385 e. The van der Waals surface area contributed by atoms with Crippen LogP contribution in [-0.2, 0) is 16.4 Å². The van der Waals surface area contributed by atoms with Crippen molar-refractivity contribution in [3.63, 3.8) is 0 Å². The maximum atomic E-state index is 11.5. The number of nitrogens with one attached hydrogen (secondary N) is 2. The van der Waals surface area contributed by atoms with Gasteiger partial charge in [-0.2, -0.15) is 0 Å². The number of rotatable bonds is 10. The van der Waals surface area contributed by atoms with E-state index in [1.807, 2.05) is 0 Å². The Hall–Kier alpha value is -1.07. The first-order chi connectivity index (χ1) is 9.95. The van der Waals surface area contributed by atoms with Crippen LogP contribution in [-0.4, -0.2) is 26.8 Å². The fraction of sp³-hybridized carbons (Fsp3) is 0.625. The van der Waals surface area contributed by atoms with Crippen LogP contribution in [0.25, 0.3) is 0 Å². The van der Waals surface area contributed by atoms with E-state index in [0.29, 0.717) is 6.54 Å². The van der Waals surface area contributed by atoms with Crippen LogP contribution < -0.4 is 10.0 Å². The zero-order valence-electron chi connectivity index (χ0n) is 13.4.